The highest BCUT2D eigenvalue weighted by Gasteiger charge is 2.24. The van der Waals surface area contributed by atoms with Crippen LogP contribution in [-0.4, -0.2) is 30.8 Å². The molecule has 1 aliphatic rings. The number of hydrogen-bond acceptors (Lipinski definition) is 6. The summed E-state index contributed by atoms with van der Waals surface area (Å²) in [6.07, 6.45) is 1.68. The molecule has 2 N–H and O–H groups in total. The molecule has 0 amide bonds. The van der Waals surface area contributed by atoms with E-state index < -0.39 is 10.0 Å². The van der Waals surface area contributed by atoms with Crippen molar-refractivity contribution < 1.29 is 8.42 Å². The van der Waals surface area contributed by atoms with E-state index in [1.165, 1.54) is 6.07 Å². The van der Waals surface area contributed by atoms with Gasteiger partial charge in [-0.25, -0.2) is 9.97 Å². The Morgan fingerprint density at radius 3 is 2.67 bits per heavy atom. The first-order valence-electron chi connectivity index (χ1n) is 7.53. The number of aromatic nitrogens is 2. The molecule has 1 aromatic heterocycles. The number of amidine groups is 1. The highest BCUT2D eigenvalue weighted by Crippen LogP contribution is 2.26. The molecule has 2 heterocycles. The second-order valence-electron chi connectivity index (χ2n) is 6.50. The van der Waals surface area contributed by atoms with Gasteiger partial charge < -0.3 is 10.6 Å². The average Bonchev–Trinajstić information content (AvgIpc) is 2.52. The lowest BCUT2D eigenvalue weighted by atomic mass is 9.96. The second kappa shape index (κ2) is 5.86. The molecule has 24 heavy (non-hydrogen) atoms. The van der Waals surface area contributed by atoms with Gasteiger partial charge in [-0.05, 0) is 18.2 Å². The number of benzene rings is 1. The first-order chi connectivity index (χ1) is 11.3. The Balaban J connectivity index is 1.78. The molecule has 1 aromatic carbocycles. The van der Waals surface area contributed by atoms with Crippen molar-refractivity contribution in [3.05, 3.63) is 42.4 Å². The summed E-state index contributed by atoms with van der Waals surface area (Å²) >= 11 is 0. The molecular formula is C16H19N5O2S. The molecule has 0 atom stereocenters. The van der Waals surface area contributed by atoms with Crippen molar-refractivity contribution in [2.24, 2.45) is 4.40 Å². The molecule has 8 heteroatoms. The second-order valence-corrected chi connectivity index (χ2v) is 8.08. The van der Waals surface area contributed by atoms with Gasteiger partial charge in [0.1, 0.15) is 22.4 Å². The van der Waals surface area contributed by atoms with Crippen molar-refractivity contribution in [3.8, 4) is 0 Å². The van der Waals surface area contributed by atoms with Crippen molar-refractivity contribution in [3.63, 3.8) is 0 Å². The summed E-state index contributed by atoms with van der Waals surface area (Å²) in [5, 5.41) is 6.12. The van der Waals surface area contributed by atoms with E-state index in [1.807, 2.05) is 20.8 Å². The van der Waals surface area contributed by atoms with Gasteiger partial charge in [-0.2, -0.15) is 8.42 Å². The Labute approximate surface area is 141 Å². The van der Waals surface area contributed by atoms with Crippen LogP contribution in [-0.2, 0) is 15.4 Å². The number of hydrogen-bond donors (Lipinski definition) is 2. The van der Waals surface area contributed by atoms with E-state index in [2.05, 4.69) is 25.0 Å². The van der Waals surface area contributed by atoms with Gasteiger partial charge >= 0.3 is 0 Å². The smallest absolute Gasteiger partial charge is 0.286 e. The Hall–Kier alpha value is -2.48. The number of rotatable bonds is 3. The highest BCUT2D eigenvalue weighted by molar-refractivity contribution is 7.90. The van der Waals surface area contributed by atoms with Crippen LogP contribution in [0.5, 0.6) is 0 Å². The zero-order valence-electron chi connectivity index (χ0n) is 13.7. The maximum absolute atomic E-state index is 12.2. The largest absolute Gasteiger partial charge is 0.363 e. The van der Waals surface area contributed by atoms with Crippen LogP contribution in [0, 0.1) is 0 Å². The summed E-state index contributed by atoms with van der Waals surface area (Å²) in [5.74, 6) is 1.66. The van der Waals surface area contributed by atoms with Gasteiger partial charge in [-0.15, -0.1) is 4.40 Å². The third-order valence-corrected chi connectivity index (χ3v) is 4.81. The van der Waals surface area contributed by atoms with E-state index >= 15 is 0 Å². The molecule has 0 spiro atoms. The molecule has 0 unspecified atom stereocenters. The molecule has 0 fully saturated rings. The quantitative estimate of drug-likeness (QED) is 0.887. The number of para-hydroxylation sites is 1. The Morgan fingerprint density at radius 2 is 1.92 bits per heavy atom. The van der Waals surface area contributed by atoms with E-state index in [1.54, 1.807) is 30.5 Å². The minimum Gasteiger partial charge on any atom is -0.363 e. The van der Waals surface area contributed by atoms with Crippen molar-refractivity contribution >= 4 is 27.4 Å². The molecule has 0 aliphatic carbocycles. The average molecular weight is 345 g/mol. The van der Waals surface area contributed by atoms with Crippen molar-refractivity contribution in [1.29, 1.82) is 0 Å². The highest BCUT2D eigenvalue weighted by atomic mass is 32.2. The van der Waals surface area contributed by atoms with Crippen LogP contribution in [0.4, 0.5) is 11.5 Å². The molecule has 2 aromatic rings. The number of sulfonamides is 1. The predicted molar refractivity (Wildman–Crippen MR) is 93.9 cm³/mol. The molecule has 126 valence electrons. The summed E-state index contributed by atoms with van der Waals surface area (Å²) < 4.78 is 28.2. The van der Waals surface area contributed by atoms with Gasteiger partial charge in [-0.3, -0.25) is 0 Å². The third kappa shape index (κ3) is 3.38. The number of fused-ring (bicyclic) bond motifs is 1. The summed E-state index contributed by atoms with van der Waals surface area (Å²) in [6.45, 7) is 6.31. The van der Waals surface area contributed by atoms with Crippen LogP contribution >= 0.6 is 0 Å². The molecule has 0 radical (unpaired) electrons. The van der Waals surface area contributed by atoms with Crippen molar-refractivity contribution in [2.75, 3.05) is 17.2 Å². The molecule has 3 rings (SSSR count). The number of anilines is 2. The van der Waals surface area contributed by atoms with Crippen LogP contribution in [0.15, 0.2) is 45.8 Å². The lowest BCUT2D eigenvalue weighted by molar-refractivity contribution is 0.546. The van der Waals surface area contributed by atoms with Crippen LogP contribution in [0.1, 0.15) is 26.6 Å². The molecule has 0 bridgehead atoms. The minimum absolute atomic E-state index is 0.166. The van der Waals surface area contributed by atoms with Crippen LogP contribution in [0.3, 0.4) is 0 Å². The van der Waals surface area contributed by atoms with Gasteiger partial charge in [0.25, 0.3) is 10.0 Å². The van der Waals surface area contributed by atoms with E-state index in [0.29, 0.717) is 23.2 Å². The maximum atomic E-state index is 12.2. The zero-order valence-corrected chi connectivity index (χ0v) is 14.6. The van der Waals surface area contributed by atoms with Gasteiger partial charge in [0.05, 0.1) is 12.2 Å². The molecule has 0 saturated heterocycles. The maximum Gasteiger partial charge on any atom is 0.286 e. The number of nitrogens with zero attached hydrogens (tertiary/aromatic N) is 3. The van der Waals surface area contributed by atoms with Crippen molar-refractivity contribution in [2.45, 2.75) is 31.1 Å². The standard InChI is InChI=1S/C16H19N5O2S/c1-16(2,3)15-17-9-8-13(20-15)18-10-14-19-11-6-4-5-7-12(11)24(22,23)21-14/h4-9H,10H2,1-3H3,(H,19,21)(H,17,18,20). The minimum atomic E-state index is -3.67. The van der Waals surface area contributed by atoms with Gasteiger partial charge in [0.15, 0.2) is 0 Å². The summed E-state index contributed by atoms with van der Waals surface area (Å²) in [5.41, 5.74) is 0.364. The lowest BCUT2D eigenvalue weighted by Crippen LogP contribution is -2.28. The Bertz CT molecular complexity index is 901. The Kier molecular flexibility index (Phi) is 4.00. The van der Waals surface area contributed by atoms with Gasteiger partial charge in [0, 0.05) is 11.6 Å². The lowest BCUT2D eigenvalue weighted by Gasteiger charge is -2.19. The van der Waals surface area contributed by atoms with Gasteiger partial charge in [0.2, 0.25) is 0 Å². The van der Waals surface area contributed by atoms with Crippen LogP contribution in [0.25, 0.3) is 0 Å². The molecular weight excluding hydrogens is 326 g/mol. The predicted octanol–water partition coefficient (Wildman–Crippen LogP) is 2.40. The van der Waals surface area contributed by atoms with E-state index in [0.717, 1.165) is 0 Å². The summed E-state index contributed by atoms with van der Waals surface area (Å²) in [7, 11) is -3.67. The van der Waals surface area contributed by atoms with Crippen LogP contribution < -0.4 is 10.6 Å². The fourth-order valence-electron chi connectivity index (χ4n) is 2.24. The normalized spacial score (nSPS) is 15.9. The fourth-order valence-corrected chi connectivity index (χ4v) is 3.38. The fraction of sp³-hybridized carbons (Fsp3) is 0.312. The van der Waals surface area contributed by atoms with E-state index in [9.17, 15) is 8.42 Å². The van der Waals surface area contributed by atoms with E-state index in [4.69, 9.17) is 0 Å². The third-order valence-electron chi connectivity index (χ3n) is 3.44. The first-order valence-corrected chi connectivity index (χ1v) is 8.97. The molecule has 7 nitrogen and oxygen atoms in total. The van der Waals surface area contributed by atoms with Crippen LogP contribution in [0.2, 0.25) is 0 Å². The Morgan fingerprint density at radius 1 is 1.17 bits per heavy atom. The van der Waals surface area contributed by atoms with Gasteiger partial charge in [-0.1, -0.05) is 32.9 Å². The molecule has 0 saturated carbocycles. The summed E-state index contributed by atoms with van der Waals surface area (Å²) in [4.78, 5) is 8.91. The first kappa shape index (κ1) is 16.4. The number of nitrogens with one attached hydrogen (secondary N) is 2. The summed E-state index contributed by atoms with van der Waals surface area (Å²) in [6, 6.07) is 8.43. The zero-order chi connectivity index (χ0) is 17.4. The molecule has 1 aliphatic heterocycles. The monoisotopic (exact) mass is 345 g/mol. The topological polar surface area (TPSA) is 96.3 Å². The van der Waals surface area contributed by atoms with E-state index in [-0.39, 0.29) is 16.9 Å². The van der Waals surface area contributed by atoms with Crippen molar-refractivity contribution in [1.82, 2.24) is 9.97 Å². The SMILES string of the molecule is CC(C)(C)c1nccc(NCC2=NS(=O)(=O)c3ccccc3N2)n1.